The number of nitrogens with one attached hydrogen (secondary N) is 3. The van der Waals surface area contributed by atoms with Crippen molar-refractivity contribution in [1.29, 1.82) is 0 Å². The van der Waals surface area contributed by atoms with Gasteiger partial charge in [-0.05, 0) is 49.9 Å². The number of carbonyl (C=O) groups is 1. The fraction of sp³-hybridized carbons (Fsp3) is 0.333. The van der Waals surface area contributed by atoms with Gasteiger partial charge in [0.05, 0.1) is 18.0 Å². The lowest BCUT2D eigenvalue weighted by Gasteiger charge is -2.26. The highest BCUT2D eigenvalue weighted by Gasteiger charge is 2.19. The summed E-state index contributed by atoms with van der Waals surface area (Å²) in [5, 5.41) is 16.2. The lowest BCUT2D eigenvalue weighted by atomic mass is 9.93. The van der Waals surface area contributed by atoms with Gasteiger partial charge in [-0.25, -0.2) is 9.37 Å². The Labute approximate surface area is 167 Å². The van der Waals surface area contributed by atoms with Crippen molar-refractivity contribution in [3.63, 3.8) is 0 Å². The molecule has 4 rings (SSSR count). The molecule has 1 amide bonds. The van der Waals surface area contributed by atoms with E-state index in [2.05, 4.69) is 20.6 Å². The molecule has 4 N–H and O–H groups in total. The van der Waals surface area contributed by atoms with Crippen LogP contribution in [0.5, 0.6) is 11.5 Å². The summed E-state index contributed by atoms with van der Waals surface area (Å²) < 4.78 is 20.2. The third-order valence-corrected chi connectivity index (χ3v) is 5.10. The molecular formula is C21H23FN4O3. The minimum Gasteiger partial charge on any atom is -0.453 e. The third-order valence-electron chi connectivity index (χ3n) is 5.10. The topological polar surface area (TPSA) is 99.3 Å². The molecule has 29 heavy (non-hydrogen) atoms. The monoisotopic (exact) mass is 398 g/mol. The fourth-order valence-electron chi connectivity index (χ4n) is 3.53. The van der Waals surface area contributed by atoms with Crippen LogP contribution in [0.25, 0.3) is 11.0 Å². The molecule has 2 heterocycles. The SMILES string of the molecule is O=C(CNC1CCC(O)CC1)Nc1ccc(Oc2ccnc3[nH]ccc23)c(F)c1. The minimum atomic E-state index is -0.572. The van der Waals surface area contributed by atoms with E-state index in [0.29, 0.717) is 17.1 Å². The van der Waals surface area contributed by atoms with Gasteiger partial charge in [0.1, 0.15) is 11.4 Å². The minimum absolute atomic E-state index is 0.0654. The first kappa shape index (κ1) is 19.4. The van der Waals surface area contributed by atoms with Crippen LogP contribution in [-0.2, 0) is 4.79 Å². The van der Waals surface area contributed by atoms with Gasteiger partial charge in [-0.3, -0.25) is 4.79 Å². The van der Waals surface area contributed by atoms with Crippen molar-refractivity contribution in [3.8, 4) is 11.5 Å². The molecule has 3 aromatic rings. The second-order valence-corrected chi connectivity index (χ2v) is 7.23. The van der Waals surface area contributed by atoms with Crippen LogP contribution < -0.4 is 15.4 Å². The number of aromatic nitrogens is 2. The molecular weight excluding hydrogens is 375 g/mol. The zero-order chi connectivity index (χ0) is 20.2. The fourth-order valence-corrected chi connectivity index (χ4v) is 3.53. The summed E-state index contributed by atoms with van der Waals surface area (Å²) in [6, 6.07) is 8.02. The average molecular weight is 398 g/mol. The van der Waals surface area contributed by atoms with E-state index in [-0.39, 0.29) is 30.3 Å². The number of halogens is 1. The van der Waals surface area contributed by atoms with E-state index in [9.17, 15) is 14.3 Å². The number of amides is 1. The Morgan fingerprint density at radius 3 is 2.83 bits per heavy atom. The predicted molar refractivity (Wildman–Crippen MR) is 107 cm³/mol. The Bertz CT molecular complexity index is 999. The van der Waals surface area contributed by atoms with Crippen LogP contribution in [0.15, 0.2) is 42.7 Å². The summed E-state index contributed by atoms with van der Waals surface area (Å²) in [5.74, 6) is -0.255. The van der Waals surface area contributed by atoms with Crippen molar-refractivity contribution in [2.24, 2.45) is 0 Å². The first-order valence-corrected chi connectivity index (χ1v) is 9.69. The highest BCUT2D eigenvalue weighted by molar-refractivity contribution is 5.92. The number of pyridine rings is 1. The summed E-state index contributed by atoms with van der Waals surface area (Å²) in [6.45, 7) is 0.142. The van der Waals surface area contributed by atoms with Crippen molar-refractivity contribution in [3.05, 3.63) is 48.5 Å². The standard InChI is InChI=1S/C21H23FN4O3/c22-17-11-14(26-20(28)12-25-13-1-4-15(27)5-2-13)3-6-19(17)29-18-8-10-24-21-16(18)7-9-23-21/h3,6-11,13,15,25,27H,1-2,4-5,12H2,(H,23,24)(H,26,28). The van der Waals surface area contributed by atoms with Crippen LogP contribution in [0.1, 0.15) is 25.7 Å². The lowest BCUT2D eigenvalue weighted by molar-refractivity contribution is -0.115. The number of fused-ring (bicyclic) bond motifs is 1. The van der Waals surface area contributed by atoms with Crippen LogP contribution in [-0.4, -0.2) is 39.7 Å². The number of anilines is 1. The summed E-state index contributed by atoms with van der Waals surface area (Å²) in [7, 11) is 0. The molecule has 0 saturated heterocycles. The molecule has 152 valence electrons. The highest BCUT2D eigenvalue weighted by Crippen LogP contribution is 2.31. The number of carbonyl (C=O) groups excluding carboxylic acids is 1. The highest BCUT2D eigenvalue weighted by atomic mass is 19.1. The molecule has 0 bridgehead atoms. The van der Waals surface area contributed by atoms with E-state index in [1.165, 1.54) is 12.1 Å². The van der Waals surface area contributed by atoms with Crippen LogP contribution in [0, 0.1) is 5.82 Å². The number of aliphatic hydroxyl groups is 1. The van der Waals surface area contributed by atoms with Crippen molar-refractivity contribution in [1.82, 2.24) is 15.3 Å². The lowest BCUT2D eigenvalue weighted by Crippen LogP contribution is -2.39. The Kier molecular flexibility index (Phi) is 5.73. The van der Waals surface area contributed by atoms with Crippen LogP contribution in [0.2, 0.25) is 0 Å². The maximum atomic E-state index is 14.5. The average Bonchev–Trinajstić information content (AvgIpc) is 3.19. The Morgan fingerprint density at radius 2 is 2.03 bits per heavy atom. The third kappa shape index (κ3) is 4.72. The first-order valence-electron chi connectivity index (χ1n) is 9.69. The molecule has 0 radical (unpaired) electrons. The van der Waals surface area contributed by atoms with E-state index in [0.717, 1.165) is 31.1 Å². The molecule has 1 aromatic carbocycles. The summed E-state index contributed by atoms with van der Waals surface area (Å²) in [6.07, 6.45) is 6.28. The number of hydrogen-bond donors (Lipinski definition) is 4. The van der Waals surface area contributed by atoms with Crippen molar-refractivity contribution < 1.29 is 19.0 Å². The molecule has 1 aliphatic rings. The number of H-pyrrole nitrogens is 1. The van der Waals surface area contributed by atoms with E-state index in [4.69, 9.17) is 4.74 Å². The van der Waals surface area contributed by atoms with E-state index >= 15 is 0 Å². The van der Waals surface area contributed by atoms with Crippen molar-refractivity contribution >= 4 is 22.6 Å². The maximum absolute atomic E-state index is 14.5. The van der Waals surface area contributed by atoms with Crippen LogP contribution >= 0.6 is 0 Å². The van der Waals surface area contributed by atoms with Crippen molar-refractivity contribution in [2.45, 2.75) is 37.8 Å². The van der Waals surface area contributed by atoms with Gasteiger partial charge in [0, 0.05) is 30.2 Å². The molecule has 0 spiro atoms. The van der Waals surface area contributed by atoms with Gasteiger partial charge in [-0.1, -0.05) is 0 Å². The Balaban J connectivity index is 1.34. The van der Waals surface area contributed by atoms with E-state index in [1.54, 1.807) is 24.5 Å². The van der Waals surface area contributed by atoms with E-state index in [1.807, 2.05) is 6.07 Å². The van der Waals surface area contributed by atoms with Crippen molar-refractivity contribution in [2.75, 3.05) is 11.9 Å². The van der Waals surface area contributed by atoms with Crippen LogP contribution in [0.4, 0.5) is 10.1 Å². The number of benzene rings is 1. The molecule has 7 nitrogen and oxygen atoms in total. The smallest absolute Gasteiger partial charge is 0.238 e. The second-order valence-electron chi connectivity index (χ2n) is 7.23. The second kappa shape index (κ2) is 8.59. The molecule has 1 fully saturated rings. The van der Waals surface area contributed by atoms with Gasteiger partial charge in [-0.15, -0.1) is 0 Å². The normalized spacial score (nSPS) is 19.2. The van der Waals surface area contributed by atoms with Gasteiger partial charge >= 0.3 is 0 Å². The molecule has 1 aliphatic carbocycles. The number of nitrogens with zero attached hydrogens (tertiary/aromatic N) is 1. The molecule has 0 atom stereocenters. The van der Waals surface area contributed by atoms with Crippen LogP contribution in [0.3, 0.4) is 0 Å². The molecule has 0 aliphatic heterocycles. The quantitative estimate of drug-likeness (QED) is 0.511. The summed E-state index contributed by atoms with van der Waals surface area (Å²) in [5.41, 5.74) is 1.02. The molecule has 2 aromatic heterocycles. The number of hydrogen-bond acceptors (Lipinski definition) is 5. The Hall–Kier alpha value is -2.97. The van der Waals surface area contributed by atoms with Gasteiger partial charge < -0.3 is 25.5 Å². The molecule has 8 heteroatoms. The molecule has 1 saturated carbocycles. The number of rotatable bonds is 6. The Morgan fingerprint density at radius 1 is 1.21 bits per heavy atom. The number of aromatic amines is 1. The number of aliphatic hydroxyl groups excluding tert-OH is 1. The van der Waals surface area contributed by atoms with Gasteiger partial charge in [0.15, 0.2) is 11.6 Å². The maximum Gasteiger partial charge on any atom is 0.238 e. The van der Waals surface area contributed by atoms with E-state index < -0.39 is 5.82 Å². The zero-order valence-corrected chi connectivity index (χ0v) is 15.8. The summed E-state index contributed by atoms with van der Waals surface area (Å²) in [4.78, 5) is 19.3. The van der Waals surface area contributed by atoms with Gasteiger partial charge in [0.2, 0.25) is 5.91 Å². The summed E-state index contributed by atoms with van der Waals surface area (Å²) >= 11 is 0. The predicted octanol–water partition coefficient (Wildman–Crippen LogP) is 3.33. The molecule has 0 unspecified atom stereocenters. The zero-order valence-electron chi connectivity index (χ0n) is 15.8. The van der Waals surface area contributed by atoms with Gasteiger partial charge in [-0.2, -0.15) is 0 Å². The largest absolute Gasteiger partial charge is 0.453 e. The first-order chi connectivity index (χ1) is 14.1. The number of ether oxygens (including phenoxy) is 1. The van der Waals surface area contributed by atoms with Gasteiger partial charge in [0.25, 0.3) is 0 Å².